The summed E-state index contributed by atoms with van der Waals surface area (Å²) in [5, 5.41) is 9.96. The first-order valence-corrected chi connectivity index (χ1v) is 8.33. The maximum absolute atomic E-state index is 9.96. The largest absolute Gasteiger partial charge is 0.508 e. The lowest BCUT2D eigenvalue weighted by Crippen LogP contribution is -2.30. The third-order valence-corrected chi connectivity index (χ3v) is 4.48. The van der Waals surface area contributed by atoms with Crippen molar-refractivity contribution in [2.45, 2.75) is 38.6 Å². The summed E-state index contributed by atoms with van der Waals surface area (Å²) in [7, 11) is 1.66. The number of phenolic OH excluding ortho intramolecular Hbond substituents is 1. The Labute approximate surface area is 142 Å². The zero-order valence-corrected chi connectivity index (χ0v) is 14.2. The van der Waals surface area contributed by atoms with Crippen LogP contribution in [-0.4, -0.2) is 28.7 Å². The van der Waals surface area contributed by atoms with Crippen molar-refractivity contribution in [1.82, 2.24) is 9.97 Å². The van der Waals surface area contributed by atoms with E-state index in [9.17, 15) is 5.11 Å². The smallest absolute Gasteiger partial charge is 0.222 e. The van der Waals surface area contributed by atoms with Gasteiger partial charge in [-0.3, -0.25) is 0 Å². The number of anilines is 2. The van der Waals surface area contributed by atoms with E-state index in [-0.39, 0.29) is 17.7 Å². The van der Waals surface area contributed by atoms with Crippen LogP contribution in [0.1, 0.15) is 43.0 Å². The molecular weight excluding hydrogens is 304 g/mol. The van der Waals surface area contributed by atoms with E-state index in [1.54, 1.807) is 19.2 Å². The Hall–Kier alpha value is -2.50. The van der Waals surface area contributed by atoms with Gasteiger partial charge in [-0.15, -0.1) is 0 Å². The number of hydrogen-bond donors (Lipinski definition) is 2. The van der Waals surface area contributed by atoms with Crippen molar-refractivity contribution < 1.29 is 9.84 Å². The number of phenols is 1. The number of nitrogen functional groups attached to an aromatic ring is 1. The Kier molecular flexibility index (Phi) is 4.74. The minimum atomic E-state index is 0.0863. The van der Waals surface area contributed by atoms with Crippen LogP contribution in [0.25, 0.3) is 0 Å². The minimum Gasteiger partial charge on any atom is -0.508 e. The SMILES string of the molecule is COc1ccc(O)cc1C1CCCCCN1c1cc(C)nc(N)n1. The van der Waals surface area contributed by atoms with Gasteiger partial charge in [0.15, 0.2) is 0 Å². The molecule has 1 aromatic heterocycles. The molecule has 2 heterocycles. The molecule has 3 N–H and O–H groups in total. The standard InChI is InChI=1S/C18H24N4O2/c1-12-10-17(21-18(19)20-12)22-9-5-3-4-6-15(22)14-11-13(23)7-8-16(14)24-2/h7-8,10-11,15,23H,3-6,9H2,1-2H3,(H2,19,20,21). The summed E-state index contributed by atoms with van der Waals surface area (Å²) in [4.78, 5) is 10.9. The van der Waals surface area contributed by atoms with Crippen LogP contribution in [0.5, 0.6) is 11.5 Å². The highest BCUT2D eigenvalue weighted by molar-refractivity contribution is 5.50. The highest BCUT2D eigenvalue weighted by atomic mass is 16.5. The minimum absolute atomic E-state index is 0.0863. The summed E-state index contributed by atoms with van der Waals surface area (Å²) in [6.07, 6.45) is 4.37. The second-order valence-electron chi connectivity index (χ2n) is 6.21. The van der Waals surface area contributed by atoms with Gasteiger partial charge in [0.1, 0.15) is 17.3 Å². The van der Waals surface area contributed by atoms with E-state index >= 15 is 0 Å². The molecule has 2 aromatic rings. The number of benzene rings is 1. The molecule has 0 aliphatic carbocycles. The van der Waals surface area contributed by atoms with Crippen LogP contribution in [0.2, 0.25) is 0 Å². The topological polar surface area (TPSA) is 84.5 Å². The molecule has 6 nitrogen and oxygen atoms in total. The Balaban J connectivity index is 2.06. The van der Waals surface area contributed by atoms with Gasteiger partial charge in [0, 0.05) is 23.9 Å². The van der Waals surface area contributed by atoms with Gasteiger partial charge in [-0.25, -0.2) is 4.98 Å². The molecule has 24 heavy (non-hydrogen) atoms. The zero-order valence-electron chi connectivity index (χ0n) is 14.2. The summed E-state index contributed by atoms with van der Waals surface area (Å²) in [5.74, 6) is 2.14. The summed E-state index contributed by atoms with van der Waals surface area (Å²) < 4.78 is 5.53. The van der Waals surface area contributed by atoms with Crippen LogP contribution >= 0.6 is 0 Å². The van der Waals surface area contributed by atoms with Crippen LogP contribution < -0.4 is 15.4 Å². The van der Waals surface area contributed by atoms with Crippen LogP contribution in [0.3, 0.4) is 0 Å². The van der Waals surface area contributed by atoms with Crippen molar-refractivity contribution in [1.29, 1.82) is 0 Å². The third-order valence-electron chi connectivity index (χ3n) is 4.48. The quantitative estimate of drug-likeness (QED) is 0.900. The lowest BCUT2D eigenvalue weighted by molar-refractivity contribution is 0.399. The monoisotopic (exact) mass is 328 g/mol. The van der Waals surface area contributed by atoms with Crippen LogP contribution in [0.4, 0.5) is 11.8 Å². The van der Waals surface area contributed by atoms with Gasteiger partial charge in [0.05, 0.1) is 13.2 Å². The Morgan fingerprint density at radius 2 is 2.04 bits per heavy atom. The number of aryl methyl sites for hydroxylation is 1. The van der Waals surface area contributed by atoms with Crippen molar-refractivity contribution in [2.24, 2.45) is 0 Å². The molecule has 1 aliphatic heterocycles. The number of methoxy groups -OCH3 is 1. The van der Waals surface area contributed by atoms with E-state index in [0.29, 0.717) is 0 Å². The fourth-order valence-corrected chi connectivity index (χ4v) is 3.41. The van der Waals surface area contributed by atoms with E-state index in [4.69, 9.17) is 10.5 Å². The maximum atomic E-state index is 9.96. The molecule has 1 atom stereocenters. The molecule has 0 bridgehead atoms. The highest BCUT2D eigenvalue weighted by Crippen LogP contribution is 2.39. The van der Waals surface area contributed by atoms with Crippen molar-refractivity contribution in [3.05, 3.63) is 35.5 Å². The van der Waals surface area contributed by atoms with E-state index in [2.05, 4.69) is 14.9 Å². The third kappa shape index (κ3) is 3.37. The molecule has 3 rings (SSSR count). The summed E-state index contributed by atoms with van der Waals surface area (Å²) in [6, 6.07) is 7.30. The second-order valence-corrected chi connectivity index (χ2v) is 6.21. The lowest BCUT2D eigenvalue weighted by atomic mass is 9.99. The van der Waals surface area contributed by atoms with E-state index < -0.39 is 0 Å². The Bertz CT molecular complexity index is 700. The Morgan fingerprint density at radius 1 is 1.21 bits per heavy atom. The van der Waals surface area contributed by atoms with Gasteiger partial charge in [0.2, 0.25) is 5.95 Å². The van der Waals surface area contributed by atoms with E-state index in [1.165, 1.54) is 6.42 Å². The van der Waals surface area contributed by atoms with Gasteiger partial charge in [0.25, 0.3) is 0 Å². The highest BCUT2D eigenvalue weighted by Gasteiger charge is 2.27. The van der Waals surface area contributed by atoms with Crippen molar-refractivity contribution in [2.75, 3.05) is 24.3 Å². The molecular formula is C18H24N4O2. The summed E-state index contributed by atoms with van der Waals surface area (Å²) in [5.41, 5.74) is 7.69. The number of hydrogen-bond acceptors (Lipinski definition) is 6. The number of nitrogens with zero attached hydrogens (tertiary/aromatic N) is 3. The zero-order chi connectivity index (χ0) is 17.1. The molecule has 1 aromatic carbocycles. The Morgan fingerprint density at radius 3 is 2.79 bits per heavy atom. The van der Waals surface area contributed by atoms with Gasteiger partial charge in [-0.2, -0.15) is 4.98 Å². The molecule has 128 valence electrons. The molecule has 1 fully saturated rings. The first-order valence-electron chi connectivity index (χ1n) is 8.33. The summed E-state index contributed by atoms with van der Waals surface area (Å²) in [6.45, 7) is 2.81. The molecule has 1 unspecified atom stereocenters. The maximum Gasteiger partial charge on any atom is 0.222 e. The van der Waals surface area contributed by atoms with Gasteiger partial charge in [-0.1, -0.05) is 12.8 Å². The fourth-order valence-electron chi connectivity index (χ4n) is 3.41. The van der Waals surface area contributed by atoms with Crippen LogP contribution in [0.15, 0.2) is 24.3 Å². The first kappa shape index (κ1) is 16.4. The van der Waals surface area contributed by atoms with Crippen LogP contribution in [-0.2, 0) is 0 Å². The molecule has 0 amide bonds. The average Bonchev–Trinajstić information content (AvgIpc) is 2.79. The molecule has 6 heteroatoms. The van der Waals surface area contributed by atoms with Crippen molar-refractivity contribution in [3.63, 3.8) is 0 Å². The molecule has 0 spiro atoms. The van der Waals surface area contributed by atoms with Crippen LogP contribution in [0, 0.1) is 6.92 Å². The molecule has 1 saturated heterocycles. The van der Waals surface area contributed by atoms with E-state index in [1.807, 2.05) is 19.1 Å². The molecule has 1 aliphatic rings. The van der Waals surface area contributed by atoms with Crippen molar-refractivity contribution >= 4 is 11.8 Å². The second kappa shape index (κ2) is 6.95. The number of ether oxygens (including phenoxy) is 1. The molecule has 0 radical (unpaired) electrons. The van der Waals surface area contributed by atoms with Crippen molar-refractivity contribution in [3.8, 4) is 11.5 Å². The number of rotatable bonds is 3. The van der Waals surface area contributed by atoms with Gasteiger partial charge < -0.3 is 20.5 Å². The first-order chi connectivity index (χ1) is 11.6. The summed E-state index contributed by atoms with van der Waals surface area (Å²) >= 11 is 0. The van der Waals surface area contributed by atoms with Gasteiger partial charge >= 0.3 is 0 Å². The number of nitrogens with two attached hydrogens (primary N) is 1. The lowest BCUT2D eigenvalue weighted by Gasteiger charge is -2.32. The number of aromatic nitrogens is 2. The van der Waals surface area contributed by atoms with Gasteiger partial charge in [-0.05, 0) is 38.0 Å². The fraction of sp³-hybridized carbons (Fsp3) is 0.444. The molecule has 0 saturated carbocycles. The number of aromatic hydroxyl groups is 1. The average molecular weight is 328 g/mol. The predicted octanol–water partition coefficient (Wildman–Crippen LogP) is 3.20. The van der Waals surface area contributed by atoms with E-state index in [0.717, 1.165) is 48.6 Å². The normalized spacial score (nSPS) is 18.2. The predicted molar refractivity (Wildman–Crippen MR) is 94.4 cm³/mol.